The summed E-state index contributed by atoms with van der Waals surface area (Å²) in [6, 6.07) is 5.48. The highest BCUT2D eigenvalue weighted by atomic mass is 32.2. The van der Waals surface area contributed by atoms with Crippen molar-refractivity contribution in [1.82, 2.24) is 19.2 Å². The van der Waals surface area contributed by atoms with Gasteiger partial charge in [-0.05, 0) is 49.5 Å². The van der Waals surface area contributed by atoms with E-state index in [0.29, 0.717) is 30.1 Å². The Labute approximate surface area is 199 Å². The maximum Gasteiger partial charge on any atom is 0.275 e. The van der Waals surface area contributed by atoms with Gasteiger partial charge in [0.2, 0.25) is 0 Å². The van der Waals surface area contributed by atoms with Crippen LogP contribution in [0.4, 0.5) is 5.00 Å². The van der Waals surface area contributed by atoms with E-state index in [1.807, 2.05) is 24.0 Å². The molecule has 0 saturated carbocycles. The van der Waals surface area contributed by atoms with Crippen LogP contribution in [0.5, 0.6) is 0 Å². The largest absolute Gasteiger partial charge is 0.339 e. The number of piperidine rings is 1. The molecule has 1 N–H and O–H groups in total. The summed E-state index contributed by atoms with van der Waals surface area (Å²) in [4.78, 5) is 36.4. The number of carbonyl (C=O) groups is 2. The fourth-order valence-corrected chi connectivity index (χ4v) is 5.83. The number of thioether (sulfide) groups is 1. The number of anilines is 1. The monoisotopic (exact) mass is 485 g/mol. The third kappa shape index (κ3) is 5.25. The van der Waals surface area contributed by atoms with Gasteiger partial charge in [0.05, 0.1) is 16.3 Å². The second-order valence-corrected chi connectivity index (χ2v) is 10.1. The highest BCUT2D eigenvalue weighted by Crippen LogP contribution is 2.32. The predicted octanol–water partition coefficient (Wildman–Crippen LogP) is 4.85. The number of aryl methyl sites for hydroxylation is 1. The summed E-state index contributed by atoms with van der Waals surface area (Å²) < 4.78 is 4.17. The van der Waals surface area contributed by atoms with Gasteiger partial charge in [0.15, 0.2) is 0 Å². The lowest BCUT2D eigenvalue weighted by atomic mass is 9.97. The molecule has 0 spiro atoms. The van der Waals surface area contributed by atoms with Crippen LogP contribution in [0.3, 0.4) is 0 Å². The molecule has 3 aromatic heterocycles. The van der Waals surface area contributed by atoms with Gasteiger partial charge in [0.25, 0.3) is 11.8 Å². The summed E-state index contributed by atoms with van der Waals surface area (Å²) in [5, 5.41) is 7.06. The lowest BCUT2D eigenvalue weighted by Gasteiger charge is -2.31. The van der Waals surface area contributed by atoms with Gasteiger partial charge >= 0.3 is 0 Å². The summed E-state index contributed by atoms with van der Waals surface area (Å²) >= 11 is 4.28. The number of hydrogen-bond acceptors (Lipinski definition) is 8. The Morgan fingerprint density at radius 2 is 2.19 bits per heavy atom. The number of carbonyl (C=O) groups excluding carboxylic acids is 2. The number of thiazole rings is 1. The van der Waals surface area contributed by atoms with E-state index in [-0.39, 0.29) is 17.7 Å². The molecule has 0 bridgehead atoms. The highest BCUT2D eigenvalue weighted by molar-refractivity contribution is 7.99. The Morgan fingerprint density at radius 1 is 1.38 bits per heavy atom. The molecule has 1 fully saturated rings. The second-order valence-electron chi connectivity index (χ2n) is 7.38. The molecule has 10 heteroatoms. The molecule has 1 aliphatic rings. The van der Waals surface area contributed by atoms with Gasteiger partial charge in [0.1, 0.15) is 15.7 Å². The molecule has 0 unspecified atom stereocenters. The van der Waals surface area contributed by atoms with Crippen LogP contribution in [-0.2, 0) is 0 Å². The first kappa shape index (κ1) is 22.6. The van der Waals surface area contributed by atoms with Crippen molar-refractivity contribution in [1.29, 1.82) is 0 Å². The summed E-state index contributed by atoms with van der Waals surface area (Å²) in [6.07, 6.45) is 5.16. The fourth-order valence-electron chi connectivity index (χ4n) is 3.48. The fraction of sp³-hybridized carbons (Fsp3) is 0.318. The van der Waals surface area contributed by atoms with E-state index < -0.39 is 0 Å². The molecule has 0 aromatic carbocycles. The minimum atomic E-state index is -0.218. The Balaban J connectivity index is 1.36. The molecule has 166 valence electrons. The molecule has 0 radical (unpaired) electrons. The molecule has 7 nitrogen and oxygen atoms in total. The Hall–Kier alpha value is -2.56. The quantitative estimate of drug-likeness (QED) is 0.380. The van der Waals surface area contributed by atoms with Crippen LogP contribution in [0.15, 0.2) is 47.5 Å². The van der Waals surface area contributed by atoms with Crippen molar-refractivity contribution in [2.45, 2.75) is 30.7 Å². The van der Waals surface area contributed by atoms with Crippen molar-refractivity contribution >= 4 is 51.4 Å². The van der Waals surface area contributed by atoms with Gasteiger partial charge in [0, 0.05) is 36.3 Å². The summed E-state index contributed by atoms with van der Waals surface area (Å²) in [5.41, 5.74) is 1.95. The molecule has 0 aliphatic carbocycles. The average molecular weight is 486 g/mol. The number of nitrogens with zero attached hydrogens (tertiary/aromatic N) is 4. The molecule has 0 atom stereocenters. The van der Waals surface area contributed by atoms with Crippen LogP contribution in [0, 0.1) is 6.92 Å². The maximum absolute atomic E-state index is 13.1. The number of aromatic nitrogens is 3. The molecule has 32 heavy (non-hydrogen) atoms. The number of pyridine rings is 1. The summed E-state index contributed by atoms with van der Waals surface area (Å²) in [5.74, 6) is 0.758. The van der Waals surface area contributed by atoms with Crippen LogP contribution in [-0.4, -0.2) is 49.9 Å². The lowest BCUT2D eigenvalue weighted by molar-refractivity contribution is 0.0708. The van der Waals surface area contributed by atoms with Crippen LogP contribution in [0.1, 0.15) is 50.3 Å². The van der Waals surface area contributed by atoms with E-state index in [1.54, 1.807) is 23.7 Å². The van der Waals surface area contributed by atoms with Crippen LogP contribution < -0.4 is 5.32 Å². The first-order chi connectivity index (χ1) is 15.5. The Kier molecular flexibility index (Phi) is 7.33. The van der Waals surface area contributed by atoms with Crippen LogP contribution in [0.25, 0.3) is 0 Å². The Bertz CT molecular complexity index is 1120. The minimum absolute atomic E-state index is 0.0159. The van der Waals surface area contributed by atoms with Crippen LogP contribution in [0.2, 0.25) is 0 Å². The zero-order chi connectivity index (χ0) is 22.5. The summed E-state index contributed by atoms with van der Waals surface area (Å²) in [7, 11) is 0. The maximum atomic E-state index is 13.1. The number of hydrogen-bond donors (Lipinski definition) is 1. The minimum Gasteiger partial charge on any atom is -0.339 e. The van der Waals surface area contributed by atoms with Crippen LogP contribution >= 0.6 is 34.6 Å². The highest BCUT2D eigenvalue weighted by Gasteiger charge is 2.28. The molecule has 1 aliphatic heterocycles. The number of rotatable bonds is 7. The van der Waals surface area contributed by atoms with E-state index in [0.717, 1.165) is 33.6 Å². The van der Waals surface area contributed by atoms with Crippen molar-refractivity contribution < 1.29 is 9.59 Å². The average Bonchev–Trinajstić information content (AvgIpc) is 3.47. The van der Waals surface area contributed by atoms with Crippen molar-refractivity contribution in [2.24, 2.45) is 0 Å². The first-order valence-corrected chi connectivity index (χ1v) is 12.9. The lowest BCUT2D eigenvalue weighted by Crippen LogP contribution is -2.38. The zero-order valence-electron chi connectivity index (χ0n) is 17.6. The molecule has 4 heterocycles. The van der Waals surface area contributed by atoms with E-state index in [1.165, 1.54) is 34.6 Å². The molecular formula is C22H23N5O2S3. The zero-order valence-corrected chi connectivity index (χ0v) is 20.1. The SMILES string of the molecule is C=CCSc1ncccc1C(=O)N1CCC(c2nc(C(=O)Nc3cc(C)ns3)cs2)CC1. The van der Waals surface area contributed by atoms with Crippen molar-refractivity contribution in [3.05, 3.63) is 64.4 Å². The van der Waals surface area contributed by atoms with Crippen molar-refractivity contribution in [3.8, 4) is 0 Å². The van der Waals surface area contributed by atoms with E-state index in [9.17, 15) is 9.59 Å². The molecule has 4 rings (SSSR count). The normalized spacial score (nSPS) is 14.3. The molecule has 1 saturated heterocycles. The topological polar surface area (TPSA) is 88.1 Å². The number of nitrogens with one attached hydrogen (secondary N) is 1. The summed E-state index contributed by atoms with van der Waals surface area (Å²) in [6.45, 7) is 6.94. The van der Waals surface area contributed by atoms with Gasteiger partial charge in [-0.25, -0.2) is 9.97 Å². The Morgan fingerprint density at radius 3 is 2.91 bits per heavy atom. The second kappa shape index (κ2) is 10.4. The third-order valence-corrected chi connectivity index (χ3v) is 7.89. The van der Waals surface area contributed by atoms with Gasteiger partial charge < -0.3 is 10.2 Å². The van der Waals surface area contributed by atoms with Gasteiger partial charge in [-0.1, -0.05) is 6.08 Å². The molecule has 3 aromatic rings. The van der Waals surface area contributed by atoms with Gasteiger partial charge in [-0.2, -0.15) is 4.37 Å². The van der Waals surface area contributed by atoms with E-state index in [2.05, 4.69) is 26.2 Å². The van der Waals surface area contributed by atoms with Crippen molar-refractivity contribution in [2.75, 3.05) is 24.2 Å². The number of amides is 2. The smallest absolute Gasteiger partial charge is 0.275 e. The number of likely N-dealkylation sites (tertiary alicyclic amines) is 1. The first-order valence-electron chi connectivity index (χ1n) is 10.2. The molecular weight excluding hydrogens is 462 g/mol. The van der Waals surface area contributed by atoms with E-state index >= 15 is 0 Å². The van der Waals surface area contributed by atoms with Gasteiger partial charge in [-0.15, -0.1) is 29.7 Å². The van der Waals surface area contributed by atoms with Gasteiger partial charge in [-0.3, -0.25) is 9.59 Å². The van der Waals surface area contributed by atoms with E-state index in [4.69, 9.17) is 0 Å². The van der Waals surface area contributed by atoms with Crippen molar-refractivity contribution in [3.63, 3.8) is 0 Å². The third-order valence-electron chi connectivity index (χ3n) is 5.09. The standard InChI is InChI=1S/C22H23N5O2S3/c1-3-11-30-21-16(5-4-8-23-21)22(29)27-9-6-15(7-10-27)20-24-17(13-31-20)19(28)25-18-12-14(2)26-32-18/h3-5,8,12-13,15H,1,6-7,9-11H2,2H3,(H,25,28). The predicted molar refractivity (Wildman–Crippen MR) is 130 cm³/mol. The molecule has 2 amide bonds.